The van der Waals surface area contributed by atoms with Crippen LogP contribution < -0.4 is 10.6 Å². The van der Waals surface area contributed by atoms with Crippen molar-refractivity contribution in [1.29, 1.82) is 0 Å². The highest BCUT2D eigenvalue weighted by atomic mass is 16.2. The summed E-state index contributed by atoms with van der Waals surface area (Å²) in [7, 11) is 0. The number of carbonyl (C=O) groups excluding carboxylic acids is 1. The van der Waals surface area contributed by atoms with Crippen molar-refractivity contribution in [2.24, 2.45) is 5.41 Å². The Bertz CT molecular complexity index is 696. The van der Waals surface area contributed by atoms with Crippen molar-refractivity contribution in [3.63, 3.8) is 0 Å². The maximum absolute atomic E-state index is 12.0. The number of hydrogen-bond donors (Lipinski definition) is 2. The summed E-state index contributed by atoms with van der Waals surface area (Å²) in [4.78, 5) is 20.8. The van der Waals surface area contributed by atoms with Gasteiger partial charge in [-0.25, -0.2) is 14.6 Å². The highest BCUT2D eigenvalue weighted by molar-refractivity contribution is 5.81. The van der Waals surface area contributed by atoms with E-state index in [1.165, 1.54) is 0 Å². The van der Waals surface area contributed by atoms with E-state index in [-0.39, 0.29) is 11.3 Å². The van der Waals surface area contributed by atoms with Crippen LogP contribution in [0.5, 0.6) is 0 Å². The van der Waals surface area contributed by atoms with Gasteiger partial charge < -0.3 is 10.6 Å². The van der Waals surface area contributed by atoms with Crippen molar-refractivity contribution in [2.75, 3.05) is 19.6 Å². The van der Waals surface area contributed by atoms with E-state index in [0.29, 0.717) is 19.0 Å². The molecule has 1 aliphatic rings. The third-order valence-corrected chi connectivity index (χ3v) is 4.13. The molecule has 2 aromatic heterocycles. The second kappa shape index (κ2) is 6.23. The number of fused-ring (bicyclic) bond motifs is 1. The van der Waals surface area contributed by atoms with Gasteiger partial charge in [0.15, 0.2) is 5.65 Å². The molecule has 23 heavy (non-hydrogen) atoms. The van der Waals surface area contributed by atoms with Gasteiger partial charge >= 0.3 is 0 Å². The van der Waals surface area contributed by atoms with Crippen molar-refractivity contribution < 1.29 is 4.79 Å². The van der Waals surface area contributed by atoms with E-state index < -0.39 is 0 Å². The molecule has 124 valence electrons. The molecule has 1 saturated heterocycles. The number of nitrogens with one attached hydrogen (secondary N) is 2. The van der Waals surface area contributed by atoms with E-state index in [1.807, 2.05) is 25.5 Å². The van der Waals surface area contributed by atoms with Gasteiger partial charge in [0.05, 0.1) is 12.2 Å². The van der Waals surface area contributed by atoms with Crippen molar-refractivity contribution in [1.82, 2.24) is 30.4 Å². The largest absolute Gasteiger partial charge is 0.354 e. The number of nitrogens with zero attached hydrogens (tertiary/aromatic N) is 4. The third-order valence-electron chi connectivity index (χ3n) is 4.13. The molecule has 0 unspecified atom stereocenters. The minimum absolute atomic E-state index is 0.0419. The monoisotopic (exact) mass is 316 g/mol. The Morgan fingerprint density at radius 1 is 1.39 bits per heavy atom. The summed E-state index contributed by atoms with van der Waals surface area (Å²) in [6.07, 6.45) is 4.47. The zero-order valence-corrected chi connectivity index (χ0v) is 14.0. The molecule has 2 N–H and O–H groups in total. The molecular formula is C16H24N6O. The maximum atomic E-state index is 12.0. The summed E-state index contributed by atoms with van der Waals surface area (Å²) in [6.45, 7) is 8.79. The number of aromatic nitrogens is 4. The lowest BCUT2D eigenvalue weighted by molar-refractivity contribution is -0.128. The summed E-state index contributed by atoms with van der Waals surface area (Å²) in [5.74, 6) is 0.430. The van der Waals surface area contributed by atoms with E-state index in [9.17, 15) is 4.79 Å². The maximum Gasteiger partial charge on any atom is 0.225 e. The molecule has 1 aliphatic heterocycles. The first kappa shape index (κ1) is 15.9. The lowest BCUT2D eigenvalue weighted by Crippen LogP contribution is -2.36. The third kappa shape index (κ3) is 3.34. The summed E-state index contributed by atoms with van der Waals surface area (Å²) in [6, 6.07) is 0. The van der Waals surface area contributed by atoms with Crippen molar-refractivity contribution >= 4 is 17.1 Å². The minimum atomic E-state index is -0.382. The minimum Gasteiger partial charge on any atom is -0.354 e. The van der Waals surface area contributed by atoms with Crippen LogP contribution in [0, 0.1) is 5.41 Å². The van der Waals surface area contributed by atoms with Gasteiger partial charge in [0, 0.05) is 36.8 Å². The second-order valence-electron chi connectivity index (χ2n) is 7.03. The fourth-order valence-electron chi connectivity index (χ4n) is 2.78. The lowest BCUT2D eigenvalue weighted by Gasteiger charge is -2.17. The van der Waals surface area contributed by atoms with Crippen molar-refractivity contribution in [3.8, 4) is 0 Å². The van der Waals surface area contributed by atoms with Crippen LogP contribution in [0.4, 0.5) is 0 Å². The Morgan fingerprint density at radius 2 is 2.17 bits per heavy atom. The fourth-order valence-corrected chi connectivity index (χ4v) is 2.78. The molecule has 1 atom stereocenters. The number of carbonyl (C=O) groups is 1. The van der Waals surface area contributed by atoms with Gasteiger partial charge in [-0.3, -0.25) is 4.79 Å². The fraction of sp³-hybridized carbons (Fsp3) is 0.625. The van der Waals surface area contributed by atoms with Crippen LogP contribution in [0.15, 0.2) is 12.4 Å². The Kier molecular flexibility index (Phi) is 4.30. The topological polar surface area (TPSA) is 84.7 Å². The molecule has 1 amide bonds. The first-order valence-electron chi connectivity index (χ1n) is 8.13. The Morgan fingerprint density at radius 3 is 2.87 bits per heavy atom. The standard InChI is InChI=1S/C16H24N6O/c1-16(2,3)15(23)20-8-9-22-14-13(18-6-7-19-14)12(21-22)11-4-5-17-10-11/h6-7,11,17H,4-5,8-10H2,1-3H3,(H,20,23)/t11-/m1/s1. The number of amides is 1. The molecule has 0 aliphatic carbocycles. The van der Waals surface area contributed by atoms with Gasteiger partial charge in [-0.05, 0) is 13.0 Å². The zero-order chi connectivity index (χ0) is 16.4. The Hall–Kier alpha value is -2.02. The van der Waals surface area contributed by atoms with Crippen LogP contribution in [0.2, 0.25) is 0 Å². The summed E-state index contributed by atoms with van der Waals surface area (Å²) in [5, 5.41) is 11.1. The SMILES string of the molecule is CC(C)(C)C(=O)NCCn1nc([C@@H]2CCNC2)c2nccnc21. The quantitative estimate of drug-likeness (QED) is 0.881. The van der Waals surface area contributed by atoms with Gasteiger partial charge in [0.25, 0.3) is 0 Å². The van der Waals surface area contributed by atoms with Crippen LogP contribution in [0.1, 0.15) is 38.8 Å². The van der Waals surface area contributed by atoms with Gasteiger partial charge in [-0.2, -0.15) is 5.10 Å². The zero-order valence-electron chi connectivity index (χ0n) is 14.0. The molecule has 2 aromatic rings. The van der Waals surface area contributed by atoms with Crippen LogP contribution >= 0.6 is 0 Å². The Balaban J connectivity index is 1.77. The van der Waals surface area contributed by atoms with Crippen LogP contribution in [0.3, 0.4) is 0 Å². The first-order valence-corrected chi connectivity index (χ1v) is 8.13. The molecule has 7 heteroatoms. The van der Waals surface area contributed by atoms with Crippen molar-refractivity contribution in [2.45, 2.75) is 39.7 Å². The molecule has 0 aromatic carbocycles. The highest BCUT2D eigenvalue weighted by Crippen LogP contribution is 2.26. The predicted molar refractivity (Wildman–Crippen MR) is 88.0 cm³/mol. The molecule has 7 nitrogen and oxygen atoms in total. The molecule has 0 saturated carbocycles. The molecule has 0 spiro atoms. The molecule has 3 rings (SSSR count). The van der Waals surface area contributed by atoms with E-state index in [0.717, 1.165) is 36.4 Å². The summed E-state index contributed by atoms with van der Waals surface area (Å²) >= 11 is 0. The second-order valence-corrected chi connectivity index (χ2v) is 7.03. The van der Waals surface area contributed by atoms with E-state index >= 15 is 0 Å². The van der Waals surface area contributed by atoms with Gasteiger partial charge in [0.2, 0.25) is 5.91 Å². The van der Waals surface area contributed by atoms with Gasteiger partial charge in [-0.1, -0.05) is 20.8 Å². The number of rotatable bonds is 4. The molecule has 1 fully saturated rings. The average molecular weight is 316 g/mol. The van der Waals surface area contributed by atoms with Crippen LogP contribution in [-0.2, 0) is 11.3 Å². The molecule has 0 bridgehead atoms. The van der Waals surface area contributed by atoms with E-state index in [4.69, 9.17) is 5.10 Å². The highest BCUT2D eigenvalue weighted by Gasteiger charge is 2.25. The number of hydrogen-bond acceptors (Lipinski definition) is 5. The van der Waals surface area contributed by atoms with Crippen LogP contribution in [-0.4, -0.2) is 45.3 Å². The first-order chi connectivity index (χ1) is 11.0. The van der Waals surface area contributed by atoms with E-state index in [2.05, 4.69) is 20.6 Å². The molecule has 0 radical (unpaired) electrons. The van der Waals surface area contributed by atoms with Crippen molar-refractivity contribution in [3.05, 3.63) is 18.1 Å². The normalized spacial score (nSPS) is 18.5. The summed E-state index contributed by atoms with van der Waals surface area (Å²) < 4.78 is 1.86. The molecule has 3 heterocycles. The summed E-state index contributed by atoms with van der Waals surface area (Å²) in [5.41, 5.74) is 2.30. The Labute approximate surface area is 135 Å². The van der Waals surface area contributed by atoms with E-state index in [1.54, 1.807) is 12.4 Å². The van der Waals surface area contributed by atoms with Gasteiger partial charge in [-0.15, -0.1) is 0 Å². The lowest BCUT2D eigenvalue weighted by atomic mass is 9.96. The predicted octanol–water partition coefficient (Wildman–Crippen LogP) is 1.07. The average Bonchev–Trinajstić information content (AvgIpc) is 3.14. The smallest absolute Gasteiger partial charge is 0.225 e. The molecular weight excluding hydrogens is 292 g/mol. The van der Waals surface area contributed by atoms with Crippen LogP contribution in [0.25, 0.3) is 11.2 Å². The van der Waals surface area contributed by atoms with Gasteiger partial charge in [0.1, 0.15) is 5.52 Å².